The number of nitrogens with one attached hydrogen (secondary N) is 2. The fraction of sp³-hybridized carbons (Fsp3) is 0.211. The summed E-state index contributed by atoms with van der Waals surface area (Å²) in [5, 5.41) is 14.9. The van der Waals surface area contributed by atoms with Crippen molar-refractivity contribution in [3.63, 3.8) is 0 Å². The molecule has 2 aromatic carbocycles. The Labute approximate surface area is 156 Å². The molecule has 0 saturated carbocycles. The average Bonchev–Trinajstić information content (AvgIpc) is 2.57. The maximum atomic E-state index is 12.6. The predicted octanol–water partition coefficient (Wildman–Crippen LogP) is 2.93. The first-order valence-corrected chi connectivity index (χ1v) is 8.30. The second kappa shape index (κ2) is 8.49. The third kappa shape index (κ3) is 5.32. The monoisotopic (exact) mass is 374 g/mol. The van der Waals surface area contributed by atoms with E-state index in [1.807, 2.05) is 0 Å². The SMILES string of the molecule is CC(=O)NC(Cc1ccc(O)cc1)C(=O)Nc1ccc(Cl)c(C(C)=O)c1. The molecule has 3 N–H and O–H groups in total. The van der Waals surface area contributed by atoms with Crippen molar-refractivity contribution in [3.8, 4) is 5.75 Å². The number of aromatic hydroxyl groups is 1. The van der Waals surface area contributed by atoms with Crippen LogP contribution in [0.2, 0.25) is 5.02 Å². The summed E-state index contributed by atoms with van der Waals surface area (Å²) in [4.78, 5) is 35.6. The minimum atomic E-state index is -0.812. The Hall–Kier alpha value is -2.86. The molecule has 1 unspecified atom stereocenters. The van der Waals surface area contributed by atoms with Crippen LogP contribution < -0.4 is 10.6 Å². The van der Waals surface area contributed by atoms with E-state index in [0.29, 0.717) is 16.3 Å². The molecule has 1 atom stereocenters. The van der Waals surface area contributed by atoms with E-state index in [9.17, 15) is 19.5 Å². The summed E-state index contributed by atoms with van der Waals surface area (Å²) in [5.41, 5.74) is 1.49. The number of carbonyl (C=O) groups excluding carboxylic acids is 3. The van der Waals surface area contributed by atoms with Crippen LogP contribution in [0.3, 0.4) is 0 Å². The molecule has 0 heterocycles. The zero-order chi connectivity index (χ0) is 19.3. The van der Waals surface area contributed by atoms with Gasteiger partial charge in [-0.05, 0) is 42.8 Å². The van der Waals surface area contributed by atoms with Gasteiger partial charge in [-0.1, -0.05) is 23.7 Å². The van der Waals surface area contributed by atoms with E-state index in [4.69, 9.17) is 11.6 Å². The van der Waals surface area contributed by atoms with E-state index >= 15 is 0 Å². The molecule has 2 rings (SSSR count). The van der Waals surface area contributed by atoms with Crippen LogP contribution in [0, 0.1) is 0 Å². The second-order valence-electron chi connectivity index (χ2n) is 5.86. The maximum absolute atomic E-state index is 12.6. The van der Waals surface area contributed by atoms with E-state index in [-0.39, 0.29) is 23.9 Å². The van der Waals surface area contributed by atoms with Crippen molar-refractivity contribution in [3.05, 3.63) is 58.6 Å². The summed E-state index contributed by atoms with van der Waals surface area (Å²) >= 11 is 5.97. The third-order valence-electron chi connectivity index (χ3n) is 3.68. The van der Waals surface area contributed by atoms with Crippen LogP contribution in [0.5, 0.6) is 5.75 Å². The molecular weight excluding hydrogens is 356 g/mol. The van der Waals surface area contributed by atoms with Gasteiger partial charge in [-0.25, -0.2) is 0 Å². The molecule has 0 aliphatic rings. The number of hydrogen-bond acceptors (Lipinski definition) is 4. The summed E-state index contributed by atoms with van der Waals surface area (Å²) in [7, 11) is 0. The van der Waals surface area contributed by atoms with Gasteiger partial charge in [-0.3, -0.25) is 14.4 Å². The Morgan fingerprint density at radius 1 is 1.08 bits per heavy atom. The fourth-order valence-electron chi connectivity index (χ4n) is 2.42. The molecule has 26 heavy (non-hydrogen) atoms. The quantitative estimate of drug-likeness (QED) is 0.677. The maximum Gasteiger partial charge on any atom is 0.247 e. The number of phenolic OH excluding ortho intramolecular Hbond substituents is 1. The highest BCUT2D eigenvalue weighted by Crippen LogP contribution is 2.21. The number of Topliss-reactive ketones (excluding diaryl/α,β-unsaturated/α-hetero) is 1. The van der Waals surface area contributed by atoms with Crippen molar-refractivity contribution in [1.29, 1.82) is 0 Å². The van der Waals surface area contributed by atoms with Crippen LogP contribution in [0.1, 0.15) is 29.8 Å². The third-order valence-corrected chi connectivity index (χ3v) is 4.01. The van der Waals surface area contributed by atoms with Gasteiger partial charge in [0.2, 0.25) is 11.8 Å². The van der Waals surface area contributed by atoms with Gasteiger partial charge < -0.3 is 15.7 Å². The molecule has 0 saturated heterocycles. The van der Waals surface area contributed by atoms with Crippen LogP contribution in [0.15, 0.2) is 42.5 Å². The predicted molar refractivity (Wildman–Crippen MR) is 99.5 cm³/mol. The molecule has 0 fully saturated rings. The highest BCUT2D eigenvalue weighted by molar-refractivity contribution is 6.34. The molecule has 0 spiro atoms. The zero-order valence-electron chi connectivity index (χ0n) is 14.4. The standard InChI is InChI=1S/C19H19ClN2O4/c1-11(23)16-10-14(5-8-17(16)20)22-19(26)18(21-12(2)24)9-13-3-6-15(25)7-4-13/h3-8,10,18,25H,9H2,1-2H3,(H,21,24)(H,22,26). The lowest BCUT2D eigenvalue weighted by Gasteiger charge is -2.18. The summed E-state index contributed by atoms with van der Waals surface area (Å²) < 4.78 is 0. The van der Waals surface area contributed by atoms with E-state index < -0.39 is 11.9 Å². The Kier molecular flexibility index (Phi) is 6.36. The van der Waals surface area contributed by atoms with E-state index in [0.717, 1.165) is 5.56 Å². The normalized spacial score (nSPS) is 11.5. The van der Waals surface area contributed by atoms with Crippen molar-refractivity contribution >= 4 is 34.9 Å². The molecule has 7 heteroatoms. The van der Waals surface area contributed by atoms with Crippen LogP contribution >= 0.6 is 11.6 Å². The number of carbonyl (C=O) groups is 3. The minimum Gasteiger partial charge on any atom is -0.508 e. The Bertz CT molecular complexity index is 834. The Morgan fingerprint density at radius 3 is 2.31 bits per heavy atom. The molecule has 6 nitrogen and oxygen atoms in total. The number of hydrogen-bond donors (Lipinski definition) is 3. The Balaban J connectivity index is 2.18. The molecule has 0 radical (unpaired) electrons. The first kappa shape index (κ1) is 19.5. The van der Waals surface area contributed by atoms with Gasteiger partial charge in [0.25, 0.3) is 0 Å². The molecule has 2 amide bonds. The summed E-state index contributed by atoms with van der Waals surface area (Å²) in [5.74, 6) is -0.865. The number of halogens is 1. The Morgan fingerprint density at radius 2 is 1.73 bits per heavy atom. The van der Waals surface area contributed by atoms with E-state index in [2.05, 4.69) is 10.6 Å². The fourth-order valence-corrected chi connectivity index (χ4v) is 2.68. The number of rotatable bonds is 6. The summed E-state index contributed by atoms with van der Waals surface area (Å²) in [6.45, 7) is 2.71. The minimum absolute atomic E-state index is 0.118. The topological polar surface area (TPSA) is 95.5 Å². The lowest BCUT2D eigenvalue weighted by molar-refractivity contribution is -0.125. The molecule has 0 aliphatic carbocycles. The number of amides is 2. The number of ketones is 1. The summed E-state index contributed by atoms with van der Waals surface area (Å²) in [6, 6.07) is 10.2. The van der Waals surface area contributed by atoms with Gasteiger partial charge in [-0.2, -0.15) is 0 Å². The average molecular weight is 375 g/mol. The van der Waals surface area contributed by atoms with Gasteiger partial charge >= 0.3 is 0 Å². The smallest absolute Gasteiger partial charge is 0.247 e. The van der Waals surface area contributed by atoms with Gasteiger partial charge in [-0.15, -0.1) is 0 Å². The lowest BCUT2D eigenvalue weighted by Crippen LogP contribution is -2.44. The first-order chi connectivity index (χ1) is 12.3. The molecular formula is C19H19ClN2O4. The highest BCUT2D eigenvalue weighted by atomic mass is 35.5. The van der Waals surface area contributed by atoms with Gasteiger partial charge in [0.1, 0.15) is 11.8 Å². The van der Waals surface area contributed by atoms with Crippen molar-refractivity contribution in [2.45, 2.75) is 26.3 Å². The van der Waals surface area contributed by atoms with E-state index in [1.165, 1.54) is 38.1 Å². The first-order valence-electron chi connectivity index (χ1n) is 7.92. The van der Waals surface area contributed by atoms with Crippen LogP contribution in [0.25, 0.3) is 0 Å². The van der Waals surface area contributed by atoms with Crippen LogP contribution in [-0.4, -0.2) is 28.7 Å². The van der Waals surface area contributed by atoms with Gasteiger partial charge in [0.05, 0.1) is 5.02 Å². The van der Waals surface area contributed by atoms with Crippen molar-refractivity contribution in [1.82, 2.24) is 5.32 Å². The zero-order valence-corrected chi connectivity index (χ0v) is 15.1. The molecule has 2 aromatic rings. The van der Waals surface area contributed by atoms with Crippen molar-refractivity contribution in [2.75, 3.05) is 5.32 Å². The molecule has 0 aromatic heterocycles. The van der Waals surface area contributed by atoms with Gasteiger partial charge in [0, 0.05) is 24.6 Å². The largest absolute Gasteiger partial charge is 0.508 e. The van der Waals surface area contributed by atoms with Crippen LogP contribution in [0.4, 0.5) is 5.69 Å². The number of anilines is 1. The number of benzene rings is 2. The second-order valence-corrected chi connectivity index (χ2v) is 6.27. The van der Waals surface area contributed by atoms with Crippen molar-refractivity contribution < 1.29 is 19.5 Å². The molecule has 0 aliphatic heterocycles. The van der Waals surface area contributed by atoms with Crippen LogP contribution in [-0.2, 0) is 16.0 Å². The summed E-state index contributed by atoms with van der Waals surface area (Å²) in [6.07, 6.45) is 0.249. The highest BCUT2D eigenvalue weighted by Gasteiger charge is 2.20. The molecule has 0 bridgehead atoms. The van der Waals surface area contributed by atoms with E-state index in [1.54, 1.807) is 18.2 Å². The van der Waals surface area contributed by atoms with Gasteiger partial charge in [0.15, 0.2) is 5.78 Å². The molecule has 136 valence electrons. The van der Waals surface area contributed by atoms with Crippen molar-refractivity contribution in [2.24, 2.45) is 0 Å². The number of phenols is 1. The lowest BCUT2D eigenvalue weighted by atomic mass is 10.0.